The average Bonchev–Trinajstić information content (AvgIpc) is 3.44. The number of Topliss-reactive ketones (excluding diaryl/α,β-unsaturated/α-hetero) is 2. The Morgan fingerprint density at radius 2 is 1.61 bits per heavy atom. The van der Waals surface area contributed by atoms with E-state index >= 15 is 4.39 Å². The van der Waals surface area contributed by atoms with E-state index in [9.17, 15) is 19.2 Å². The molecule has 0 radical (unpaired) electrons. The number of benzene rings is 1. The van der Waals surface area contributed by atoms with Crippen molar-refractivity contribution in [1.82, 2.24) is 43.6 Å². The van der Waals surface area contributed by atoms with Crippen LogP contribution in [0.3, 0.4) is 0 Å². The zero-order valence-electron chi connectivity index (χ0n) is 31.8. The van der Waals surface area contributed by atoms with Crippen LogP contribution in [-0.2, 0) is 32.6 Å². The van der Waals surface area contributed by atoms with E-state index in [1.54, 1.807) is 49.7 Å². The third-order valence-corrected chi connectivity index (χ3v) is 9.64. The molecule has 0 bridgehead atoms. The van der Waals surface area contributed by atoms with Crippen molar-refractivity contribution in [3.63, 3.8) is 0 Å². The Morgan fingerprint density at radius 3 is 2.25 bits per heavy atom. The predicted octanol–water partition coefficient (Wildman–Crippen LogP) is 4.99. The summed E-state index contributed by atoms with van der Waals surface area (Å²) in [6, 6.07) is 6.31. The fourth-order valence-electron chi connectivity index (χ4n) is 6.62. The number of fused-ring (bicyclic) bond motifs is 2. The van der Waals surface area contributed by atoms with Gasteiger partial charge >= 0.3 is 0 Å². The van der Waals surface area contributed by atoms with E-state index in [-0.39, 0.29) is 65.1 Å². The second-order valence-corrected chi connectivity index (χ2v) is 13.9. The monoisotopic (exact) mass is 763 g/mol. The molecule has 1 aromatic carbocycles. The van der Waals surface area contributed by atoms with E-state index in [0.717, 1.165) is 18.5 Å². The molecule has 290 valence electrons. The highest BCUT2D eigenvalue weighted by atomic mass is 19.1. The van der Waals surface area contributed by atoms with Crippen molar-refractivity contribution in [2.24, 2.45) is 11.7 Å². The third kappa shape index (κ3) is 7.43. The standard InChI is InChI=1S/C39H42FN11O5/c1-6-50-28(14-21(3)46-50)30(53)18-32-43-27-16-25(23(5)52)19-42-37(27)48(32)12-8-9-13-49-35-31(56-20-24-10-11-24)17-26(36(41)54)33(40)34(35)44-39(49)45-38(55)29-15-22(4)47-51(29)7-2/h8-9,14-17,19,24H,6-7,10-13,18,20H2,1-5H3,(H2,41,54)(H,44,45,55)/b9-8+. The largest absolute Gasteiger partial charge is 0.491 e. The number of nitrogens with zero attached hydrogens (tertiary/aromatic N) is 9. The van der Waals surface area contributed by atoms with Crippen LogP contribution >= 0.6 is 0 Å². The number of hydrogen-bond donors (Lipinski definition) is 2. The number of ether oxygens (including phenoxy) is 1. The molecule has 0 atom stereocenters. The second kappa shape index (κ2) is 15.3. The number of hydrogen-bond acceptors (Lipinski definition) is 10. The molecule has 1 fully saturated rings. The smallest absolute Gasteiger partial charge is 0.276 e. The second-order valence-electron chi connectivity index (χ2n) is 13.9. The molecule has 56 heavy (non-hydrogen) atoms. The number of allylic oxidation sites excluding steroid dienone is 2. The van der Waals surface area contributed by atoms with E-state index < -0.39 is 17.6 Å². The number of anilines is 1. The zero-order valence-corrected chi connectivity index (χ0v) is 31.8. The molecule has 1 saturated carbocycles. The van der Waals surface area contributed by atoms with Gasteiger partial charge in [0.1, 0.15) is 39.5 Å². The van der Waals surface area contributed by atoms with Crippen LogP contribution in [0, 0.1) is 25.6 Å². The lowest BCUT2D eigenvalue weighted by Crippen LogP contribution is -2.20. The fourth-order valence-corrected chi connectivity index (χ4v) is 6.62. The van der Waals surface area contributed by atoms with Gasteiger partial charge in [-0.1, -0.05) is 12.2 Å². The summed E-state index contributed by atoms with van der Waals surface area (Å²) in [7, 11) is 0. The highest BCUT2D eigenvalue weighted by Gasteiger charge is 2.28. The summed E-state index contributed by atoms with van der Waals surface area (Å²) in [5.41, 5.74) is 8.66. The minimum Gasteiger partial charge on any atom is -0.491 e. The quantitative estimate of drug-likeness (QED) is 0.1000. The molecule has 5 heterocycles. The fraction of sp³-hybridized carbons (Fsp3) is 0.359. The first-order chi connectivity index (χ1) is 26.9. The molecular formula is C39H42FN11O5. The molecule has 7 rings (SSSR count). The summed E-state index contributed by atoms with van der Waals surface area (Å²) < 4.78 is 28.7. The van der Waals surface area contributed by atoms with Crippen molar-refractivity contribution in [2.75, 3.05) is 11.9 Å². The highest BCUT2D eigenvalue weighted by Crippen LogP contribution is 2.36. The number of aromatic nitrogens is 9. The molecule has 6 aromatic rings. The first-order valence-corrected chi connectivity index (χ1v) is 18.5. The van der Waals surface area contributed by atoms with Crippen molar-refractivity contribution in [3.05, 3.63) is 88.2 Å². The van der Waals surface area contributed by atoms with Gasteiger partial charge in [-0.15, -0.1) is 0 Å². The van der Waals surface area contributed by atoms with Crippen LogP contribution < -0.4 is 15.8 Å². The Morgan fingerprint density at radius 1 is 0.946 bits per heavy atom. The first-order valence-electron chi connectivity index (χ1n) is 18.5. The Hall–Kier alpha value is -6.52. The first kappa shape index (κ1) is 37.8. The maximum Gasteiger partial charge on any atom is 0.276 e. The molecule has 1 aliphatic carbocycles. The summed E-state index contributed by atoms with van der Waals surface area (Å²) in [5.74, 6) is -1.81. The van der Waals surface area contributed by atoms with Crippen LogP contribution in [0.15, 0.2) is 42.6 Å². The number of nitrogens with two attached hydrogens (primary N) is 1. The van der Waals surface area contributed by atoms with Gasteiger partial charge in [0, 0.05) is 37.9 Å². The van der Waals surface area contributed by atoms with Gasteiger partial charge in [-0.2, -0.15) is 10.2 Å². The lowest BCUT2D eigenvalue weighted by atomic mass is 10.1. The number of aryl methyl sites for hydroxylation is 4. The van der Waals surface area contributed by atoms with Crippen LogP contribution in [-0.4, -0.2) is 73.6 Å². The summed E-state index contributed by atoms with van der Waals surface area (Å²) in [5, 5.41) is 11.6. The number of carbonyl (C=O) groups is 4. The van der Waals surface area contributed by atoms with Crippen LogP contribution in [0.25, 0.3) is 22.2 Å². The molecule has 0 unspecified atom stereocenters. The number of pyridine rings is 1. The van der Waals surface area contributed by atoms with E-state index in [1.165, 1.54) is 19.2 Å². The third-order valence-electron chi connectivity index (χ3n) is 9.64. The highest BCUT2D eigenvalue weighted by molar-refractivity contribution is 6.04. The van der Waals surface area contributed by atoms with Gasteiger partial charge in [0.25, 0.3) is 11.8 Å². The number of rotatable bonds is 16. The number of ketones is 2. The normalized spacial score (nSPS) is 13.0. The van der Waals surface area contributed by atoms with Crippen molar-refractivity contribution in [1.29, 1.82) is 0 Å². The molecule has 5 aromatic heterocycles. The summed E-state index contributed by atoms with van der Waals surface area (Å²) in [6.07, 6.45) is 7.02. The lowest BCUT2D eigenvalue weighted by Gasteiger charge is -2.13. The molecule has 17 heteroatoms. The minimum atomic E-state index is -0.983. The molecule has 0 aliphatic heterocycles. The summed E-state index contributed by atoms with van der Waals surface area (Å²) in [6.45, 7) is 10.4. The van der Waals surface area contributed by atoms with Gasteiger partial charge in [-0.25, -0.2) is 19.3 Å². The van der Waals surface area contributed by atoms with Crippen molar-refractivity contribution in [2.45, 2.75) is 80.1 Å². The van der Waals surface area contributed by atoms with Gasteiger partial charge < -0.3 is 19.6 Å². The number of amides is 2. The molecule has 2 amide bonds. The van der Waals surface area contributed by atoms with Crippen LogP contribution in [0.4, 0.5) is 10.3 Å². The molecule has 3 N–H and O–H groups in total. The summed E-state index contributed by atoms with van der Waals surface area (Å²) in [4.78, 5) is 65.5. The lowest BCUT2D eigenvalue weighted by molar-refractivity contribution is 0.0975. The molecule has 0 saturated heterocycles. The maximum absolute atomic E-state index is 16.0. The zero-order chi connectivity index (χ0) is 39.8. The molecular weight excluding hydrogens is 721 g/mol. The van der Waals surface area contributed by atoms with E-state index in [2.05, 4.69) is 25.5 Å². The molecule has 16 nitrogen and oxygen atoms in total. The van der Waals surface area contributed by atoms with E-state index in [0.29, 0.717) is 59.6 Å². The van der Waals surface area contributed by atoms with Gasteiger partial charge in [0.05, 0.1) is 30.0 Å². The number of primary amides is 1. The van der Waals surface area contributed by atoms with E-state index in [4.69, 9.17) is 15.5 Å². The summed E-state index contributed by atoms with van der Waals surface area (Å²) >= 11 is 0. The Balaban J connectivity index is 1.26. The molecule has 1 aliphatic rings. The van der Waals surface area contributed by atoms with Crippen molar-refractivity contribution in [3.8, 4) is 5.75 Å². The van der Waals surface area contributed by atoms with Gasteiger partial charge in [-0.3, -0.25) is 33.9 Å². The van der Waals surface area contributed by atoms with Crippen molar-refractivity contribution < 1.29 is 28.3 Å². The van der Waals surface area contributed by atoms with Crippen LogP contribution in [0.2, 0.25) is 0 Å². The predicted molar refractivity (Wildman–Crippen MR) is 204 cm³/mol. The van der Waals surface area contributed by atoms with Crippen molar-refractivity contribution >= 4 is 51.5 Å². The number of halogens is 1. The maximum atomic E-state index is 16.0. The number of nitrogens with one attached hydrogen (secondary N) is 1. The van der Waals surface area contributed by atoms with E-state index in [1.807, 2.05) is 26.8 Å². The minimum absolute atomic E-state index is 0.00794. The molecule has 0 spiro atoms. The Bertz CT molecular complexity index is 2570. The topological polar surface area (TPSA) is 200 Å². The van der Waals surface area contributed by atoms with Gasteiger partial charge in [0.15, 0.2) is 23.0 Å². The Kier molecular flexibility index (Phi) is 10.3. The van der Waals surface area contributed by atoms with Crippen LogP contribution in [0.5, 0.6) is 5.75 Å². The van der Waals surface area contributed by atoms with Gasteiger partial charge in [0.2, 0.25) is 5.95 Å². The number of imidazole rings is 2. The SMILES string of the molecule is CCn1nc(C)cc1C(=O)Cc1nc2cc(C(C)=O)cnc2n1C/C=C/Cn1c(NC(=O)c2cc(C)nn2CC)nc2c(F)c(C(N)=O)cc(OCC3CC3)c21. The van der Waals surface area contributed by atoms with Crippen LogP contribution in [0.1, 0.15) is 92.5 Å². The number of carbonyl (C=O) groups excluding carboxylic acids is 4. The Labute approximate surface area is 320 Å². The average molecular weight is 764 g/mol. The van der Waals surface area contributed by atoms with Gasteiger partial charge in [-0.05, 0) is 77.6 Å².